The van der Waals surface area contributed by atoms with E-state index >= 15 is 0 Å². The van der Waals surface area contributed by atoms with Crippen LogP contribution in [0.25, 0.3) is 0 Å². The number of anilines is 1. The standard InChI is InChI=1S/C13H15N3O2.C2H4ClNO/c1-2-16-9-14-7-12(16)8-15-11-5-3-4-10(6-11)13(17)18;3-1-2(4)5/h3-7,9,15H,2,8H2,1H3,(H,17,18);1H2,(H2,4,5). The van der Waals surface area contributed by atoms with Crippen LogP contribution in [0.2, 0.25) is 0 Å². The predicted octanol–water partition coefficient (Wildman–Crippen LogP) is 1.92. The number of aryl methyl sites for hydroxylation is 1. The highest BCUT2D eigenvalue weighted by atomic mass is 35.5. The van der Waals surface area contributed by atoms with E-state index in [2.05, 4.69) is 23.0 Å². The van der Waals surface area contributed by atoms with E-state index in [0.717, 1.165) is 17.9 Å². The van der Waals surface area contributed by atoms with E-state index in [1.54, 1.807) is 30.7 Å². The number of carboxylic acids is 1. The van der Waals surface area contributed by atoms with Crippen LogP contribution >= 0.6 is 11.6 Å². The highest BCUT2D eigenvalue weighted by Crippen LogP contribution is 2.12. The minimum Gasteiger partial charge on any atom is -0.478 e. The van der Waals surface area contributed by atoms with Crippen LogP contribution in [-0.2, 0) is 17.9 Å². The van der Waals surface area contributed by atoms with Gasteiger partial charge in [-0.25, -0.2) is 9.78 Å². The molecule has 2 rings (SSSR count). The second-order valence-electron chi connectivity index (χ2n) is 4.51. The molecule has 0 aliphatic rings. The Kier molecular flexibility index (Phi) is 7.62. The number of nitrogens with two attached hydrogens (primary N) is 1. The average molecular weight is 339 g/mol. The van der Waals surface area contributed by atoms with Gasteiger partial charge in [-0.2, -0.15) is 0 Å². The van der Waals surface area contributed by atoms with Gasteiger partial charge in [0.1, 0.15) is 5.88 Å². The van der Waals surface area contributed by atoms with Crippen LogP contribution in [0.1, 0.15) is 23.0 Å². The molecule has 0 fully saturated rings. The molecular weight excluding hydrogens is 320 g/mol. The summed E-state index contributed by atoms with van der Waals surface area (Å²) in [6.45, 7) is 3.54. The average Bonchev–Trinajstić information content (AvgIpc) is 3.01. The summed E-state index contributed by atoms with van der Waals surface area (Å²) in [5, 5.41) is 12.1. The maximum atomic E-state index is 10.8. The SMILES string of the molecule is CCn1cncc1CNc1cccc(C(=O)O)c1.NC(=O)CCl. The second kappa shape index (κ2) is 9.47. The monoisotopic (exact) mass is 338 g/mol. The number of halogens is 1. The molecule has 1 heterocycles. The number of alkyl halides is 1. The predicted molar refractivity (Wildman–Crippen MR) is 88.5 cm³/mol. The lowest BCUT2D eigenvalue weighted by Gasteiger charge is -2.08. The van der Waals surface area contributed by atoms with Crippen molar-refractivity contribution in [1.29, 1.82) is 0 Å². The third-order valence-electron chi connectivity index (χ3n) is 2.85. The third kappa shape index (κ3) is 6.39. The molecule has 2 aromatic rings. The smallest absolute Gasteiger partial charge is 0.335 e. The summed E-state index contributed by atoms with van der Waals surface area (Å²) in [6, 6.07) is 6.76. The molecular formula is C15H19ClN4O3. The summed E-state index contributed by atoms with van der Waals surface area (Å²) in [5.74, 6) is -1.48. The highest BCUT2D eigenvalue weighted by Gasteiger charge is 2.04. The van der Waals surface area contributed by atoms with Crippen molar-refractivity contribution in [3.05, 3.63) is 48.0 Å². The minimum absolute atomic E-state index is 0.0833. The molecule has 1 amide bonds. The number of nitrogens with one attached hydrogen (secondary N) is 1. The number of aromatic carboxylic acids is 1. The minimum atomic E-state index is -0.919. The number of aromatic nitrogens is 2. The lowest BCUT2D eigenvalue weighted by molar-refractivity contribution is -0.115. The van der Waals surface area contributed by atoms with Crippen LogP contribution in [0.4, 0.5) is 5.69 Å². The number of benzene rings is 1. The molecule has 23 heavy (non-hydrogen) atoms. The summed E-state index contributed by atoms with van der Waals surface area (Å²) < 4.78 is 2.04. The van der Waals surface area contributed by atoms with E-state index in [9.17, 15) is 9.59 Å². The number of nitrogens with zero attached hydrogens (tertiary/aromatic N) is 2. The molecule has 4 N–H and O–H groups in total. The first-order chi connectivity index (χ1) is 11.0. The van der Waals surface area contributed by atoms with E-state index in [0.29, 0.717) is 6.54 Å². The molecule has 0 radical (unpaired) electrons. The lowest BCUT2D eigenvalue weighted by Crippen LogP contribution is -2.10. The largest absolute Gasteiger partial charge is 0.478 e. The fourth-order valence-electron chi connectivity index (χ4n) is 1.73. The number of rotatable bonds is 6. The van der Waals surface area contributed by atoms with Crippen molar-refractivity contribution in [3.8, 4) is 0 Å². The second-order valence-corrected chi connectivity index (χ2v) is 4.78. The zero-order valence-corrected chi connectivity index (χ0v) is 13.5. The maximum absolute atomic E-state index is 10.8. The highest BCUT2D eigenvalue weighted by molar-refractivity contribution is 6.27. The number of carbonyl (C=O) groups is 2. The van der Waals surface area contributed by atoms with E-state index < -0.39 is 11.9 Å². The van der Waals surface area contributed by atoms with E-state index in [4.69, 9.17) is 16.7 Å². The Labute approximate surface area is 139 Å². The Morgan fingerprint density at radius 2 is 2.13 bits per heavy atom. The molecule has 0 spiro atoms. The van der Waals surface area contributed by atoms with Crippen molar-refractivity contribution in [2.45, 2.75) is 20.0 Å². The zero-order valence-electron chi connectivity index (χ0n) is 12.7. The number of carbonyl (C=O) groups excluding carboxylic acids is 1. The number of carboxylic acid groups (broad SMARTS) is 1. The molecule has 0 saturated heterocycles. The van der Waals surface area contributed by atoms with Crippen LogP contribution < -0.4 is 11.1 Å². The number of hydrogen-bond acceptors (Lipinski definition) is 4. The number of primary amides is 1. The zero-order chi connectivity index (χ0) is 17.2. The third-order valence-corrected chi connectivity index (χ3v) is 3.12. The van der Waals surface area contributed by atoms with E-state index in [1.807, 2.05) is 10.6 Å². The Hall–Kier alpha value is -2.54. The van der Waals surface area contributed by atoms with Gasteiger partial charge in [0.05, 0.1) is 24.1 Å². The van der Waals surface area contributed by atoms with Crippen molar-refractivity contribution in [2.75, 3.05) is 11.2 Å². The molecule has 7 nitrogen and oxygen atoms in total. The molecule has 0 saturated carbocycles. The summed E-state index contributed by atoms with van der Waals surface area (Å²) in [4.78, 5) is 24.4. The number of imidazole rings is 1. The van der Waals surface area contributed by atoms with Gasteiger partial charge in [0.15, 0.2) is 0 Å². The quantitative estimate of drug-likeness (QED) is 0.697. The van der Waals surface area contributed by atoms with Gasteiger partial charge < -0.3 is 20.7 Å². The normalized spacial score (nSPS) is 9.65. The first-order valence-corrected chi connectivity index (χ1v) is 7.41. The molecule has 0 unspecified atom stereocenters. The Morgan fingerprint density at radius 3 is 2.70 bits per heavy atom. The van der Waals surface area contributed by atoms with E-state index in [-0.39, 0.29) is 11.4 Å². The van der Waals surface area contributed by atoms with Crippen LogP contribution in [0.3, 0.4) is 0 Å². The molecule has 0 aliphatic heterocycles. The maximum Gasteiger partial charge on any atom is 0.335 e. The van der Waals surface area contributed by atoms with Gasteiger partial charge in [0.2, 0.25) is 5.91 Å². The topological polar surface area (TPSA) is 110 Å². The lowest BCUT2D eigenvalue weighted by atomic mass is 10.2. The van der Waals surface area contributed by atoms with Crippen LogP contribution in [0, 0.1) is 0 Å². The number of amides is 1. The fraction of sp³-hybridized carbons (Fsp3) is 0.267. The van der Waals surface area contributed by atoms with Crippen molar-refractivity contribution in [3.63, 3.8) is 0 Å². The van der Waals surface area contributed by atoms with Crippen molar-refractivity contribution >= 4 is 29.2 Å². The molecule has 1 aromatic carbocycles. The van der Waals surface area contributed by atoms with Crippen LogP contribution in [0.15, 0.2) is 36.8 Å². The summed E-state index contributed by atoms with van der Waals surface area (Å²) in [6.07, 6.45) is 3.59. The molecule has 0 aliphatic carbocycles. The summed E-state index contributed by atoms with van der Waals surface area (Å²) in [7, 11) is 0. The van der Waals surface area contributed by atoms with Gasteiger partial charge >= 0.3 is 5.97 Å². The fourth-order valence-corrected chi connectivity index (χ4v) is 1.73. The Bertz CT molecular complexity index is 658. The van der Waals surface area contributed by atoms with Gasteiger partial charge in [-0.15, -0.1) is 11.6 Å². The Balaban J connectivity index is 0.000000463. The van der Waals surface area contributed by atoms with Gasteiger partial charge in [0, 0.05) is 18.4 Å². The van der Waals surface area contributed by atoms with Gasteiger partial charge in [-0.05, 0) is 25.1 Å². The summed E-state index contributed by atoms with van der Waals surface area (Å²) in [5.41, 5.74) is 6.66. The molecule has 0 bridgehead atoms. The van der Waals surface area contributed by atoms with Gasteiger partial charge in [-0.1, -0.05) is 6.07 Å². The van der Waals surface area contributed by atoms with E-state index in [1.165, 1.54) is 0 Å². The molecule has 0 atom stereocenters. The van der Waals surface area contributed by atoms with Gasteiger partial charge in [0.25, 0.3) is 0 Å². The first-order valence-electron chi connectivity index (χ1n) is 6.88. The van der Waals surface area contributed by atoms with Gasteiger partial charge in [-0.3, -0.25) is 4.79 Å². The van der Waals surface area contributed by atoms with Crippen LogP contribution in [0.5, 0.6) is 0 Å². The molecule has 124 valence electrons. The Morgan fingerprint density at radius 1 is 1.43 bits per heavy atom. The number of hydrogen-bond donors (Lipinski definition) is 3. The van der Waals surface area contributed by atoms with Crippen molar-refractivity contribution < 1.29 is 14.7 Å². The molecule has 1 aromatic heterocycles. The molecule has 8 heteroatoms. The van der Waals surface area contributed by atoms with Crippen LogP contribution in [-0.4, -0.2) is 32.4 Å². The van der Waals surface area contributed by atoms with Crippen molar-refractivity contribution in [2.24, 2.45) is 5.73 Å². The summed E-state index contributed by atoms with van der Waals surface area (Å²) >= 11 is 4.86. The first kappa shape index (κ1) is 18.5. The van der Waals surface area contributed by atoms with Crippen molar-refractivity contribution in [1.82, 2.24) is 9.55 Å².